The van der Waals surface area contributed by atoms with E-state index in [-0.39, 0.29) is 11.9 Å². The Morgan fingerprint density at radius 1 is 0.958 bits per heavy atom. The molecule has 0 aromatic heterocycles. The van der Waals surface area contributed by atoms with Crippen LogP contribution < -0.4 is 20.9 Å². The molecule has 130 valence electrons. The predicted molar refractivity (Wildman–Crippen MR) is 94.3 cm³/mol. The van der Waals surface area contributed by atoms with Crippen LogP contribution in [0.1, 0.15) is 12.8 Å². The molecule has 0 radical (unpaired) electrons. The molecular weight excluding hydrogens is 306 g/mol. The van der Waals surface area contributed by atoms with E-state index >= 15 is 0 Å². The second-order valence-electron chi connectivity index (χ2n) is 6.24. The summed E-state index contributed by atoms with van der Waals surface area (Å²) in [6.45, 7) is 6.37. The lowest BCUT2D eigenvalue weighted by molar-refractivity contribution is -0.120. The van der Waals surface area contributed by atoms with Crippen LogP contribution in [-0.2, 0) is 4.79 Å². The highest BCUT2D eigenvalue weighted by Gasteiger charge is 2.24. The van der Waals surface area contributed by atoms with Crippen LogP contribution in [0.25, 0.3) is 0 Å². The van der Waals surface area contributed by atoms with Crippen LogP contribution in [0.4, 0.5) is 16.2 Å². The second-order valence-corrected chi connectivity index (χ2v) is 6.24. The molecule has 1 aromatic carbocycles. The summed E-state index contributed by atoms with van der Waals surface area (Å²) >= 11 is 0. The van der Waals surface area contributed by atoms with Gasteiger partial charge in [-0.25, -0.2) is 4.79 Å². The highest BCUT2D eigenvalue weighted by molar-refractivity contribution is 6.05. The van der Waals surface area contributed by atoms with Crippen molar-refractivity contribution in [2.45, 2.75) is 12.8 Å². The molecule has 1 aromatic rings. The van der Waals surface area contributed by atoms with Gasteiger partial charge in [-0.3, -0.25) is 19.9 Å². The van der Waals surface area contributed by atoms with Gasteiger partial charge in [-0.1, -0.05) is 0 Å². The zero-order chi connectivity index (χ0) is 16.9. The summed E-state index contributed by atoms with van der Waals surface area (Å²) in [5.41, 5.74) is 7.57. The van der Waals surface area contributed by atoms with Crippen molar-refractivity contribution in [2.24, 2.45) is 5.73 Å². The van der Waals surface area contributed by atoms with E-state index in [1.54, 1.807) is 4.90 Å². The van der Waals surface area contributed by atoms with Crippen molar-refractivity contribution >= 4 is 23.3 Å². The van der Waals surface area contributed by atoms with Gasteiger partial charge in [0, 0.05) is 50.5 Å². The Morgan fingerprint density at radius 3 is 2.25 bits per heavy atom. The summed E-state index contributed by atoms with van der Waals surface area (Å²) in [5.74, 6) is -0.208. The smallest absolute Gasteiger partial charge is 0.328 e. The van der Waals surface area contributed by atoms with Crippen molar-refractivity contribution in [3.63, 3.8) is 0 Å². The van der Waals surface area contributed by atoms with Crippen molar-refractivity contribution in [3.8, 4) is 0 Å². The summed E-state index contributed by atoms with van der Waals surface area (Å²) in [6, 6.07) is 7.66. The molecule has 3 rings (SSSR count). The Labute approximate surface area is 142 Å². The summed E-state index contributed by atoms with van der Waals surface area (Å²) < 4.78 is 0. The average molecular weight is 331 g/mol. The molecule has 7 heteroatoms. The zero-order valence-electron chi connectivity index (χ0n) is 13.9. The molecule has 0 spiro atoms. The number of urea groups is 1. The molecule has 2 aliphatic heterocycles. The maximum Gasteiger partial charge on any atom is 0.328 e. The van der Waals surface area contributed by atoms with Crippen LogP contribution in [0.15, 0.2) is 24.3 Å². The van der Waals surface area contributed by atoms with Gasteiger partial charge in [0.25, 0.3) is 0 Å². The van der Waals surface area contributed by atoms with Gasteiger partial charge in [-0.2, -0.15) is 0 Å². The molecule has 7 nitrogen and oxygen atoms in total. The molecule has 0 atom stereocenters. The monoisotopic (exact) mass is 331 g/mol. The number of benzene rings is 1. The molecule has 24 heavy (non-hydrogen) atoms. The number of hydrogen-bond donors (Lipinski definition) is 2. The molecule has 3 amide bonds. The van der Waals surface area contributed by atoms with E-state index in [4.69, 9.17) is 5.73 Å². The lowest BCUT2D eigenvalue weighted by Gasteiger charge is -2.36. The Hall–Kier alpha value is -2.12. The van der Waals surface area contributed by atoms with Gasteiger partial charge in [-0.05, 0) is 43.8 Å². The number of rotatable bonds is 5. The number of piperazine rings is 1. The van der Waals surface area contributed by atoms with Gasteiger partial charge < -0.3 is 10.6 Å². The minimum absolute atomic E-state index is 0.208. The van der Waals surface area contributed by atoms with Crippen LogP contribution in [0.3, 0.4) is 0 Å². The Bertz CT molecular complexity index is 581. The number of amides is 3. The number of carbonyl (C=O) groups is 2. The average Bonchev–Trinajstić information content (AvgIpc) is 2.61. The van der Waals surface area contributed by atoms with Crippen molar-refractivity contribution in [2.75, 3.05) is 55.6 Å². The number of nitrogens with two attached hydrogens (primary N) is 1. The molecule has 2 heterocycles. The van der Waals surface area contributed by atoms with E-state index in [9.17, 15) is 9.59 Å². The normalized spacial score (nSPS) is 19.5. The Balaban J connectivity index is 1.57. The maximum atomic E-state index is 11.9. The summed E-state index contributed by atoms with van der Waals surface area (Å²) in [5, 5.41) is 2.35. The van der Waals surface area contributed by atoms with E-state index in [0.29, 0.717) is 13.0 Å². The predicted octanol–water partition coefficient (Wildman–Crippen LogP) is 0.604. The van der Waals surface area contributed by atoms with Gasteiger partial charge >= 0.3 is 6.03 Å². The first-order valence-corrected chi connectivity index (χ1v) is 8.56. The minimum Gasteiger partial charge on any atom is -0.369 e. The minimum atomic E-state index is -0.340. The lowest BCUT2D eigenvalue weighted by Crippen LogP contribution is -2.49. The fraction of sp³-hybridized carbons (Fsp3) is 0.529. The zero-order valence-corrected chi connectivity index (χ0v) is 13.9. The third-order valence-electron chi connectivity index (χ3n) is 4.63. The molecule has 0 saturated carbocycles. The quantitative estimate of drug-likeness (QED) is 0.826. The number of nitrogens with one attached hydrogen (secondary N) is 1. The summed E-state index contributed by atoms with van der Waals surface area (Å²) in [4.78, 5) is 29.5. The highest BCUT2D eigenvalue weighted by Crippen LogP contribution is 2.23. The van der Waals surface area contributed by atoms with Crippen LogP contribution in [0.2, 0.25) is 0 Å². The summed E-state index contributed by atoms with van der Waals surface area (Å²) in [6.07, 6.45) is 1.40. The van der Waals surface area contributed by atoms with Gasteiger partial charge in [0.05, 0.1) is 0 Å². The highest BCUT2D eigenvalue weighted by atomic mass is 16.2. The standard InChI is InChI=1S/C17H25N5O2/c18-7-1-8-20-10-12-21(13-11-20)14-2-4-15(5-3-14)22-9-6-16(23)19-17(22)24/h2-5H,1,6-13,18H2,(H,19,23,24). The number of anilines is 2. The van der Waals surface area contributed by atoms with Gasteiger partial charge in [-0.15, -0.1) is 0 Å². The molecule has 0 unspecified atom stereocenters. The maximum absolute atomic E-state index is 11.9. The molecule has 2 fully saturated rings. The first kappa shape index (κ1) is 16.7. The van der Waals surface area contributed by atoms with Gasteiger partial charge in [0.1, 0.15) is 0 Å². The van der Waals surface area contributed by atoms with E-state index in [1.165, 1.54) is 5.69 Å². The molecule has 2 aliphatic rings. The van der Waals surface area contributed by atoms with Crippen LogP contribution in [0.5, 0.6) is 0 Å². The fourth-order valence-corrected chi connectivity index (χ4v) is 3.20. The molecule has 3 N–H and O–H groups in total. The van der Waals surface area contributed by atoms with Crippen LogP contribution >= 0.6 is 0 Å². The second kappa shape index (κ2) is 7.63. The number of nitrogens with zero attached hydrogens (tertiary/aromatic N) is 3. The number of hydrogen-bond acceptors (Lipinski definition) is 5. The Morgan fingerprint density at radius 2 is 1.62 bits per heavy atom. The van der Waals surface area contributed by atoms with Crippen molar-refractivity contribution < 1.29 is 9.59 Å². The third kappa shape index (κ3) is 3.85. The first-order chi connectivity index (χ1) is 11.7. The fourth-order valence-electron chi connectivity index (χ4n) is 3.20. The molecule has 2 saturated heterocycles. The van der Waals surface area contributed by atoms with E-state index < -0.39 is 0 Å². The number of imide groups is 1. The third-order valence-corrected chi connectivity index (χ3v) is 4.63. The van der Waals surface area contributed by atoms with Crippen molar-refractivity contribution in [1.29, 1.82) is 0 Å². The first-order valence-electron chi connectivity index (χ1n) is 8.56. The van der Waals surface area contributed by atoms with E-state index in [1.807, 2.05) is 12.1 Å². The van der Waals surface area contributed by atoms with E-state index in [2.05, 4.69) is 27.2 Å². The molecule has 0 aliphatic carbocycles. The van der Waals surface area contributed by atoms with E-state index in [0.717, 1.165) is 51.4 Å². The van der Waals surface area contributed by atoms with Gasteiger partial charge in [0.2, 0.25) is 5.91 Å². The topological polar surface area (TPSA) is 81.9 Å². The number of carbonyl (C=O) groups excluding carboxylic acids is 2. The molecule has 0 bridgehead atoms. The Kier molecular flexibility index (Phi) is 5.32. The van der Waals surface area contributed by atoms with Crippen LogP contribution in [-0.4, -0.2) is 62.7 Å². The summed E-state index contributed by atoms with van der Waals surface area (Å²) in [7, 11) is 0. The molecular formula is C17H25N5O2. The van der Waals surface area contributed by atoms with Gasteiger partial charge in [0.15, 0.2) is 0 Å². The van der Waals surface area contributed by atoms with Crippen molar-refractivity contribution in [1.82, 2.24) is 10.2 Å². The SMILES string of the molecule is NCCCN1CCN(c2ccc(N3CCC(=O)NC3=O)cc2)CC1. The largest absolute Gasteiger partial charge is 0.369 e. The lowest BCUT2D eigenvalue weighted by atomic mass is 10.2. The van der Waals surface area contributed by atoms with Crippen LogP contribution in [0, 0.1) is 0 Å². The van der Waals surface area contributed by atoms with Crippen molar-refractivity contribution in [3.05, 3.63) is 24.3 Å².